The van der Waals surface area contributed by atoms with E-state index in [0.717, 1.165) is 19.3 Å². The van der Waals surface area contributed by atoms with Crippen LogP contribution in [0.1, 0.15) is 38.2 Å². The summed E-state index contributed by atoms with van der Waals surface area (Å²) < 4.78 is 0. The second kappa shape index (κ2) is 6.69. The van der Waals surface area contributed by atoms with Crippen molar-refractivity contribution in [3.8, 4) is 0 Å². The van der Waals surface area contributed by atoms with Crippen molar-refractivity contribution in [1.29, 1.82) is 0 Å². The highest BCUT2D eigenvalue weighted by Gasteiger charge is 2.35. The molecule has 0 saturated carbocycles. The molecule has 0 N–H and O–H groups in total. The topological polar surface area (TPSA) is 37.4 Å². The Balaban J connectivity index is 1.72. The monoisotopic (exact) mass is 273 g/mol. The first-order valence-corrected chi connectivity index (χ1v) is 7.40. The summed E-state index contributed by atoms with van der Waals surface area (Å²) in [6.45, 7) is 2.04. The predicted molar refractivity (Wildman–Crippen MR) is 79.3 cm³/mol. The molecule has 1 aliphatic rings. The van der Waals surface area contributed by atoms with Gasteiger partial charge in [0.2, 0.25) is 5.91 Å². The molecule has 1 heterocycles. The van der Waals surface area contributed by atoms with Crippen LogP contribution in [0.3, 0.4) is 0 Å². The van der Waals surface area contributed by atoms with E-state index in [9.17, 15) is 9.59 Å². The summed E-state index contributed by atoms with van der Waals surface area (Å²) >= 11 is 0. The van der Waals surface area contributed by atoms with E-state index in [4.69, 9.17) is 0 Å². The summed E-state index contributed by atoms with van der Waals surface area (Å²) in [5.41, 5.74) is 1.27. The lowest BCUT2D eigenvalue weighted by atomic mass is 9.96. The molecule has 0 spiro atoms. The number of carbonyl (C=O) groups excluding carboxylic acids is 2. The fourth-order valence-electron chi connectivity index (χ4n) is 2.86. The second-order valence-electron chi connectivity index (χ2n) is 5.81. The average Bonchev–Trinajstić information content (AvgIpc) is 2.67. The maximum atomic E-state index is 12.0. The fourth-order valence-corrected chi connectivity index (χ4v) is 2.86. The molecule has 0 radical (unpaired) electrons. The van der Waals surface area contributed by atoms with Gasteiger partial charge in [-0.2, -0.15) is 0 Å². The highest BCUT2D eigenvalue weighted by Crippen LogP contribution is 2.26. The Morgan fingerprint density at radius 2 is 2.00 bits per heavy atom. The van der Waals surface area contributed by atoms with E-state index in [-0.39, 0.29) is 23.7 Å². The van der Waals surface area contributed by atoms with Crippen LogP contribution in [-0.4, -0.2) is 29.7 Å². The summed E-state index contributed by atoms with van der Waals surface area (Å²) in [5.74, 6) is 0.273. The van der Waals surface area contributed by atoms with Crippen LogP contribution < -0.4 is 0 Å². The summed E-state index contributed by atoms with van der Waals surface area (Å²) in [6.07, 6.45) is 3.62. The van der Waals surface area contributed by atoms with Crippen LogP contribution >= 0.6 is 0 Å². The lowest BCUT2D eigenvalue weighted by Gasteiger charge is -2.13. The smallest absolute Gasteiger partial charge is 0.226 e. The molecular formula is C17H23NO2. The molecule has 1 unspecified atom stereocenters. The normalized spacial score (nSPS) is 22.3. The minimum Gasteiger partial charge on any atom is -0.343 e. The number of aryl methyl sites for hydroxylation is 1. The molecule has 1 aliphatic heterocycles. The molecule has 1 aromatic carbocycles. The van der Waals surface area contributed by atoms with Gasteiger partial charge in [0.25, 0.3) is 0 Å². The predicted octanol–water partition coefficient (Wildman–Crippen LogP) is 2.84. The van der Waals surface area contributed by atoms with Crippen molar-refractivity contribution in [2.75, 3.05) is 7.05 Å². The first-order valence-electron chi connectivity index (χ1n) is 7.40. The highest BCUT2D eigenvalue weighted by molar-refractivity contribution is 5.88. The van der Waals surface area contributed by atoms with Gasteiger partial charge < -0.3 is 4.90 Å². The third-order valence-electron chi connectivity index (χ3n) is 4.22. The van der Waals surface area contributed by atoms with Crippen LogP contribution in [0.5, 0.6) is 0 Å². The molecule has 0 bridgehead atoms. The number of hydrogen-bond donors (Lipinski definition) is 0. The number of Topliss-reactive ketones (excluding diaryl/α,β-unsaturated/α-hetero) is 1. The molecule has 0 aromatic heterocycles. The Hall–Kier alpha value is -1.64. The first-order chi connectivity index (χ1) is 9.58. The summed E-state index contributed by atoms with van der Waals surface area (Å²) in [6, 6.07) is 10.5. The number of ketones is 1. The molecule has 2 atom stereocenters. The van der Waals surface area contributed by atoms with Crippen molar-refractivity contribution in [3.63, 3.8) is 0 Å². The third-order valence-corrected chi connectivity index (χ3v) is 4.22. The first kappa shape index (κ1) is 14.8. The maximum Gasteiger partial charge on any atom is 0.226 e. The van der Waals surface area contributed by atoms with Crippen LogP contribution in [-0.2, 0) is 16.0 Å². The van der Waals surface area contributed by atoms with E-state index in [0.29, 0.717) is 12.8 Å². The number of likely N-dealkylation sites (tertiary alicyclic amines) is 1. The molecule has 3 nitrogen and oxygen atoms in total. The van der Waals surface area contributed by atoms with Gasteiger partial charge in [0.15, 0.2) is 0 Å². The van der Waals surface area contributed by atoms with Gasteiger partial charge in [-0.15, -0.1) is 0 Å². The number of hydrogen-bond acceptors (Lipinski definition) is 2. The molecule has 1 amide bonds. The minimum absolute atomic E-state index is 0.0841. The lowest BCUT2D eigenvalue weighted by molar-refractivity contribution is -0.133. The van der Waals surface area contributed by atoms with Gasteiger partial charge in [0.1, 0.15) is 5.78 Å². The van der Waals surface area contributed by atoms with Crippen LogP contribution in [0, 0.1) is 5.92 Å². The van der Waals surface area contributed by atoms with Crippen LogP contribution in [0.15, 0.2) is 30.3 Å². The van der Waals surface area contributed by atoms with E-state index in [2.05, 4.69) is 12.1 Å². The average molecular weight is 273 g/mol. The summed E-state index contributed by atoms with van der Waals surface area (Å²) in [4.78, 5) is 25.7. The van der Waals surface area contributed by atoms with Crippen LogP contribution in [0.25, 0.3) is 0 Å². The molecule has 1 aromatic rings. The SMILES string of the molecule is CC1C[C@H](CC(=O)CCCc2ccccc2)C(=O)N1C. The molecule has 108 valence electrons. The Labute approximate surface area is 121 Å². The molecule has 2 rings (SSSR count). The number of benzene rings is 1. The van der Waals surface area contributed by atoms with Gasteiger partial charge in [-0.25, -0.2) is 0 Å². The fraction of sp³-hybridized carbons (Fsp3) is 0.529. The zero-order valence-electron chi connectivity index (χ0n) is 12.3. The Kier molecular flexibility index (Phi) is 4.94. The largest absolute Gasteiger partial charge is 0.343 e. The molecule has 0 aliphatic carbocycles. The second-order valence-corrected chi connectivity index (χ2v) is 5.81. The van der Waals surface area contributed by atoms with Crippen LogP contribution in [0.4, 0.5) is 0 Å². The van der Waals surface area contributed by atoms with Crippen molar-refractivity contribution in [2.45, 2.75) is 45.1 Å². The Morgan fingerprint density at radius 3 is 2.60 bits per heavy atom. The summed E-state index contributed by atoms with van der Waals surface area (Å²) in [5, 5.41) is 0. The quantitative estimate of drug-likeness (QED) is 0.799. The third kappa shape index (κ3) is 3.69. The number of nitrogens with zero attached hydrogens (tertiary/aromatic N) is 1. The van der Waals surface area contributed by atoms with Crippen molar-refractivity contribution in [1.82, 2.24) is 4.90 Å². The zero-order valence-corrected chi connectivity index (χ0v) is 12.3. The van der Waals surface area contributed by atoms with Gasteiger partial charge >= 0.3 is 0 Å². The number of rotatable bonds is 6. The van der Waals surface area contributed by atoms with Crippen molar-refractivity contribution in [3.05, 3.63) is 35.9 Å². The van der Waals surface area contributed by atoms with Gasteiger partial charge in [-0.1, -0.05) is 30.3 Å². The van der Waals surface area contributed by atoms with Gasteiger partial charge in [0, 0.05) is 31.8 Å². The van der Waals surface area contributed by atoms with Crippen LogP contribution in [0.2, 0.25) is 0 Å². The summed E-state index contributed by atoms with van der Waals surface area (Å²) in [7, 11) is 1.83. The Bertz CT molecular complexity index is 469. The van der Waals surface area contributed by atoms with Crippen molar-refractivity contribution in [2.24, 2.45) is 5.92 Å². The molecule has 1 saturated heterocycles. The minimum atomic E-state index is -0.0841. The van der Waals surface area contributed by atoms with E-state index in [1.165, 1.54) is 5.56 Å². The van der Waals surface area contributed by atoms with Gasteiger partial charge in [-0.3, -0.25) is 9.59 Å². The van der Waals surface area contributed by atoms with E-state index < -0.39 is 0 Å². The highest BCUT2D eigenvalue weighted by atomic mass is 16.2. The number of carbonyl (C=O) groups is 2. The standard InChI is InChI=1S/C17H23NO2/c1-13-11-15(17(20)18(13)2)12-16(19)10-6-9-14-7-4-3-5-8-14/h3-5,7-8,13,15H,6,9-12H2,1-2H3/t13?,15-/m1/s1. The van der Waals surface area contributed by atoms with Crippen molar-refractivity contribution < 1.29 is 9.59 Å². The maximum absolute atomic E-state index is 12.0. The molecule has 3 heteroatoms. The zero-order chi connectivity index (χ0) is 14.5. The van der Waals surface area contributed by atoms with E-state index in [1.54, 1.807) is 4.90 Å². The molecule has 1 fully saturated rings. The molecular weight excluding hydrogens is 250 g/mol. The lowest BCUT2D eigenvalue weighted by Crippen LogP contribution is -2.27. The number of amides is 1. The van der Waals surface area contributed by atoms with E-state index >= 15 is 0 Å². The van der Waals surface area contributed by atoms with Gasteiger partial charge in [0.05, 0.1) is 0 Å². The van der Waals surface area contributed by atoms with Crippen molar-refractivity contribution >= 4 is 11.7 Å². The molecule has 20 heavy (non-hydrogen) atoms. The van der Waals surface area contributed by atoms with Gasteiger partial charge in [-0.05, 0) is 31.7 Å². The van der Waals surface area contributed by atoms with E-state index in [1.807, 2.05) is 32.2 Å². The Morgan fingerprint density at radius 1 is 1.30 bits per heavy atom.